The van der Waals surface area contributed by atoms with E-state index < -0.39 is 5.82 Å². The van der Waals surface area contributed by atoms with Crippen molar-refractivity contribution in [2.45, 2.75) is 0 Å². The summed E-state index contributed by atoms with van der Waals surface area (Å²) in [6.45, 7) is 0. The van der Waals surface area contributed by atoms with Crippen molar-refractivity contribution in [3.05, 3.63) is 42.2 Å². The number of nitrogens with zero attached hydrogens (tertiary/aromatic N) is 3. The average Bonchev–Trinajstić information content (AvgIpc) is 2.69. The second-order valence-electron chi connectivity index (χ2n) is 2.94. The summed E-state index contributed by atoms with van der Waals surface area (Å²) in [5, 5.41) is 8.76. The van der Waals surface area contributed by atoms with E-state index in [9.17, 15) is 4.39 Å². The zero-order valence-electron chi connectivity index (χ0n) is 7.68. The van der Waals surface area contributed by atoms with Crippen LogP contribution in [0.5, 0.6) is 0 Å². The quantitative estimate of drug-likeness (QED) is 0.712. The highest BCUT2D eigenvalue weighted by Crippen LogP contribution is 2.19. The molecule has 1 aromatic heterocycles. The molecule has 0 spiro atoms. The minimum atomic E-state index is -0.406. The first-order valence-electron chi connectivity index (χ1n) is 4.21. The van der Waals surface area contributed by atoms with E-state index in [1.165, 1.54) is 29.0 Å². The number of aromatic nitrogens is 2. The molecule has 1 heterocycles. The summed E-state index contributed by atoms with van der Waals surface area (Å²) in [7, 11) is 0. The van der Waals surface area contributed by atoms with E-state index in [-0.39, 0.29) is 5.82 Å². The minimum absolute atomic E-state index is 0.173. The second-order valence-corrected chi connectivity index (χ2v) is 2.94. The van der Waals surface area contributed by atoms with Crippen LogP contribution < -0.4 is 5.73 Å². The summed E-state index contributed by atoms with van der Waals surface area (Å²) < 4.78 is 14.4. The molecule has 0 bridgehead atoms. The van der Waals surface area contributed by atoms with Crippen LogP contribution in [-0.4, -0.2) is 9.55 Å². The van der Waals surface area contributed by atoms with Gasteiger partial charge in [0.1, 0.15) is 11.9 Å². The molecule has 0 amide bonds. The van der Waals surface area contributed by atoms with Gasteiger partial charge >= 0.3 is 0 Å². The second kappa shape index (κ2) is 3.42. The molecule has 15 heavy (non-hydrogen) atoms. The Morgan fingerprint density at radius 2 is 2.27 bits per heavy atom. The number of benzene rings is 1. The highest BCUT2D eigenvalue weighted by molar-refractivity contribution is 5.58. The smallest absolute Gasteiger partial charge is 0.217 e. The summed E-state index contributed by atoms with van der Waals surface area (Å²) >= 11 is 0. The number of nitrogen functional groups attached to an aromatic ring is 1. The zero-order valence-corrected chi connectivity index (χ0v) is 7.68. The van der Waals surface area contributed by atoms with Gasteiger partial charge in [-0.2, -0.15) is 5.26 Å². The van der Waals surface area contributed by atoms with E-state index in [0.29, 0.717) is 11.4 Å². The van der Waals surface area contributed by atoms with Gasteiger partial charge in [-0.15, -0.1) is 0 Å². The summed E-state index contributed by atoms with van der Waals surface area (Å²) in [5.74, 6) is -0.232. The molecule has 2 N–H and O–H groups in total. The maximum absolute atomic E-state index is 13.0. The first-order valence-corrected chi connectivity index (χ1v) is 4.21. The monoisotopic (exact) mass is 202 g/mol. The van der Waals surface area contributed by atoms with Crippen molar-refractivity contribution < 1.29 is 4.39 Å². The maximum Gasteiger partial charge on any atom is 0.217 e. The van der Waals surface area contributed by atoms with Crippen LogP contribution in [-0.2, 0) is 0 Å². The van der Waals surface area contributed by atoms with Crippen molar-refractivity contribution in [3.63, 3.8) is 0 Å². The molecular formula is C10H7FN4. The number of anilines is 1. The predicted molar refractivity (Wildman–Crippen MR) is 52.6 cm³/mol. The Hall–Kier alpha value is -2.35. The van der Waals surface area contributed by atoms with E-state index in [2.05, 4.69) is 4.98 Å². The molecule has 0 unspecified atom stereocenters. The van der Waals surface area contributed by atoms with Gasteiger partial charge in [-0.1, -0.05) is 0 Å². The molecule has 0 aliphatic carbocycles. The molecule has 0 aliphatic heterocycles. The third-order valence-corrected chi connectivity index (χ3v) is 1.99. The lowest BCUT2D eigenvalue weighted by Crippen LogP contribution is -2.01. The lowest BCUT2D eigenvalue weighted by Gasteiger charge is -2.06. The minimum Gasteiger partial charge on any atom is -0.397 e. The molecule has 5 heteroatoms. The highest BCUT2D eigenvalue weighted by Gasteiger charge is 2.07. The van der Waals surface area contributed by atoms with Gasteiger partial charge in [0.05, 0.1) is 11.4 Å². The standard InChI is InChI=1S/C10H7FN4/c11-7-1-2-8(13)9(5-7)15-4-3-14-10(15)6-12/h1-5H,13H2. The van der Waals surface area contributed by atoms with Crippen molar-refractivity contribution in [1.29, 1.82) is 5.26 Å². The lowest BCUT2D eigenvalue weighted by molar-refractivity contribution is 0.627. The van der Waals surface area contributed by atoms with E-state index in [0.717, 1.165) is 0 Å². The fourth-order valence-electron chi connectivity index (χ4n) is 1.31. The van der Waals surface area contributed by atoms with Gasteiger partial charge in [-0.05, 0) is 12.1 Å². The number of rotatable bonds is 1. The average molecular weight is 202 g/mol. The summed E-state index contributed by atoms with van der Waals surface area (Å²) in [5.41, 5.74) is 6.49. The van der Waals surface area contributed by atoms with Crippen molar-refractivity contribution in [2.75, 3.05) is 5.73 Å². The molecule has 74 valence electrons. The molecule has 0 aliphatic rings. The number of hydrogen-bond donors (Lipinski definition) is 1. The van der Waals surface area contributed by atoms with Crippen LogP contribution in [0.15, 0.2) is 30.6 Å². The fraction of sp³-hybridized carbons (Fsp3) is 0. The first kappa shape index (κ1) is 9.21. The Labute approximate surface area is 85.4 Å². The Morgan fingerprint density at radius 3 is 3.00 bits per heavy atom. The normalized spacial score (nSPS) is 9.87. The molecule has 0 atom stereocenters. The highest BCUT2D eigenvalue weighted by atomic mass is 19.1. The molecule has 1 aromatic carbocycles. The van der Waals surface area contributed by atoms with E-state index in [4.69, 9.17) is 11.0 Å². The Kier molecular flexibility index (Phi) is 2.10. The molecule has 0 saturated carbocycles. The molecule has 4 nitrogen and oxygen atoms in total. The van der Waals surface area contributed by atoms with Crippen LogP contribution >= 0.6 is 0 Å². The number of hydrogen-bond acceptors (Lipinski definition) is 3. The lowest BCUT2D eigenvalue weighted by atomic mass is 10.2. The number of nitriles is 1. The van der Waals surface area contributed by atoms with Gasteiger partial charge in [0.15, 0.2) is 0 Å². The van der Waals surface area contributed by atoms with Gasteiger partial charge in [0.2, 0.25) is 5.82 Å². The van der Waals surface area contributed by atoms with Crippen LogP contribution in [0.2, 0.25) is 0 Å². The maximum atomic E-state index is 13.0. The number of imidazole rings is 1. The van der Waals surface area contributed by atoms with Gasteiger partial charge in [0, 0.05) is 18.5 Å². The first-order chi connectivity index (χ1) is 7.22. The summed E-state index contributed by atoms with van der Waals surface area (Å²) in [6, 6.07) is 5.87. The van der Waals surface area contributed by atoms with E-state index in [1.54, 1.807) is 6.20 Å². The van der Waals surface area contributed by atoms with E-state index >= 15 is 0 Å². The van der Waals surface area contributed by atoms with Crippen LogP contribution in [0.25, 0.3) is 5.69 Å². The van der Waals surface area contributed by atoms with Gasteiger partial charge in [0.25, 0.3) is 0 Å². The van der Waals surface area contributed by atoms with Crippen LogP contribution in [0.4, 0.5) is 10.1 Å². The largest absolute Gasteiger partial charge is 0.397 e. The Morgan fingerprint density at radius 1 is 1.47 bits per heavy atom. The van der Waals surface area contributed by atoms with Gasteiger partial charge in [-0.3, -0.25) is 4.57 Å². The third kappa shape index (κ3) is 1.53. The van der Waals surface area contributed by atoms with Crippen molar-refractivity contribution in [3.8, 4) is 11.8 Å². The number of halogens is 1. The Bertz CT molecular complexity index is 539. The SMILES string of the molecule is N#Cc1nccn1-c1cc(F)ccc1N. The molecular weight excluding hydrogens is 195 g/mol. The third-order valence-electron chi connectivity index (χ3n) is 1.99. The summed E-state index contributed by atoms with van der Waals surface area (Å²) in [6.07, 6.45) is 3.02. The predicted octanol–water partition coefficient (Wildman–Crippen LogP) is 1.47. The number of nitrogens with two attached hydrogens (primary N) is 1. The van der Waals surface area contributed by atoms with E-state index in [1.807, 2.05) is 6.07 Å². The topological polar surface area (TPSA) is 67.6 Å². The molecule has 0 fully saturated rings. The van der Waals surface area contributed by atoms with Crippen LogP contribution in [0.3, 0.4) is 0 Å². The Balaban J connectivity index is 2.64. The van der Waals surface area contributed by atoms with Crippen molar-refractivity contribution in [1.82, 2.24) is 9.55 Å². The van der Waals surface area contributed by atoms with Crippen molar-refractivity contribution in [2.24, 2.45) is 0 Å². The van der Waals surface area contributed by atoms with Gasteiger partial charge in [-0.25, -0.2) is 9.37 Å². The fourth-order valence-corrected chi connectivity index (χ4v) is 1.31. The summed E-state index contributed by atoms with van der Waals surface area (Å²) in [4.78, 5) is 3.81. The molecule has 2 aromatic rings. The van der Waals surface area contributed by atoms with Crippen LogP contribution in [0, 0.1) is 17.1 Å². The van der Waals surface area contributed by atoms with Gasteiger partial charge < -0.3 is 5.73 Å². The van der Waals surface area contributed by atoms with Crippen molar-refractivity contribution >= 4 is 5.69 Å². The molecule has 0 radical (unpaired) electrons. The molecule has 0 saturated heterocycles. The molecule has 2 rings (SSSR count). The zero-order chi connectivity index (χ0) is 10.8. The van der Waals surface area contributed by atoms with Crippen LogP contribution in [0.1, 0.15) is 5.82 Å².